The summed E-state index contributed by atoms with van der Waals surface area (Å²) >= 11 is 4.62. The second kappa shape index (κ2) is 13.1. The Morgan fingerprint density at radius 3 is 2.51 bits per heavy atom. The van der Waals surface area contributed by atoms with E-state index in [4.69, 9.17) is 4.74 Å². The molecule has 7 rings (SSSR count). The van der Waals surface area contributed by atoms with Crippen molar-refractivity contribution in [2.75, 3.05) is 13.1 Å². The quantitative estimate of drug-likeness (QED) is 0.134. The van der Waals surface area contributed by atoms with Crippen LogP contribution in [0, 0.1) is 5.82 Å². The van der Waals surface area contributed by atoms with Gasteiger partial charge in [-0.25, -0.2) is 4.39 Å². The van der Waals surface area contributed by atoms with Crippen LogP contribution >= 0.6 is 20.3 Å². The number of hydrogen-bond acceptors (Lipinski definition) is 7. The Balaban J connectivity index is 0.000000885. The normalized spacial score (nSPS) is 24.7. The fraction of sp³-hybridized carbons (Fsp3) is 0.387. The summed E-state index contributed by atoms with van der Waals surface area (Å²) < 4.78 is 22.5. The van der Waals surface area contributed by atoms with E-state index in [0.717, 1.165) is 18.8 Å². The summed E-state index contributed by atoms with van der Waals surface area (Å²) in [5.74, 6) is -1.51. The van der Waals surface area contributed by atoms with Gasteiger partial charge in [-0.15, -0.1) is 0 Å². The summed E-state index contributed by atoms with van der Waals surface area (Å²) in [5.41, 5.74) is 2.56. The number of imide groups is 1. The summed E-state index contributed by atoms with van der Waals surface area (Å²) in [5, 5.41) is 11.1. The van der Waals surface area contributed by atoms with Crippen LogP contribution in [0.1, 0.15) is 62.6 Å². The van der Waals surface area contributed by atoms with Gasteiger partial charge < -0.3 is 4.74 Å². The standard InChI is InChI=1S/C29H27FN6O3.C2H6.ISe/c1-28-17-35(16-18-2-4-20(5-3-18)36-32-11-12-33-36)13-10-29(28,39-28)23-7-8-24-22(26(23)30)14-19(15-31-24)21-6-9-25(37)34-27(21)38;2*1-2/h2-5,7-8,11-12,14-15,21H,6,9-10,13,16-17H2,1H3,(H,34,37,38);1-2H3;. The summed E-state index contributed by atoms with van der Waals surface area (Å²) in [6.07, 6.45) is 6.22. The van der Waals surface area contributed by atoms with E-state index in [1.807, 2.05) is 59.3 Å². The van der Waals surface area contributed by atoms with E-state index < -0.39 is 17.1 Å². The van der Waals surface area contributed by atoms with Gasteiger partial charge in [0.05, 0.1) is 29.5 Å². The van der Waals surface area contributed by atoms with Gasteiger partial charge in [0.15, 0.2) is 0 Å². The molecule has 3 aliphatic rings. The van der Waals surface area contributed by atoms with E-state index in [1.54, 1.807) is 35.5 Å². The van der Waals surface area contributed by atoms with Crippen LogP contribution in [-0.4, -0.2) is 68.1 Å². The molecule has 2 aromatic heterocycles. The molecule has 9 nitrogen and oxygen atoms in total. The molecule has 0 bridgehead atoms. The monoisotopic (exact) mass is 763 g/mol. The molecule has 3 saturated heterocycles. The number of hydrogen-bond donors (Lipinski definition) is 1. The van der Waals surface area contributed by atoms with Crippen molar-refractivity contribution >= 4 is 55.8 Å². The van der Waals surface area contributed by atoms with Gasteiger partial charge in [-0.05, 0) is 55.2 Å². The van der Waals surface area contributed by atoms with E-state index >= 15 is 4.39 Å². The van der Waals surface area contributed by atoms with Crippen molar-refractivity contribution < 1.29 is 18.7 Å². The molecule has 1 N–H and O–H groups in total. The summed E-state index contributed by atoms with van der Waals surface area (Å²) in [4.78, 5) is 32.3. The van der Waals surface area contributed by atoms with Gasteiger partial charge >= 0.3 is 33.1 Å². The third kappa shape index (κ3) is 6.00. The zero-order valence-electron chi connectivity index (χ0n) is 24.2. The van der Waals surface area contributed by atoms with E-state index in [-0.39, 0.29) is 24.1 Å². The second-order valence-electron chi connectivity index (χ2n) is 10.9. The number of piperidine rings is 2. The number of amides is 2. The molecule has 3 aliphatic heterocycles. The number of pyridine rings is 1. The van der Waals surface area contributed by atoms with E-state index in [2.05, 4.69) is 50.3 Å². The number of epoxide rings is 1. The van der Waals surface area contributed by atoms with Crippen molar-refractivity contribution in [1.29, 1.82) is 0 Å². The molecule has 0 saturated carbocycles. The molecule has 0 aliphatic carbocycles. The molecule has 3 atom stereocenters. The van der Waals surface area contributed by atoms with E-state index in [0.29, 0.717) is 41.4 Å². The number of ether oxygens (including phenoxy) is 1. The predicted octanol–water partition coefficient (Wildman–Crippen LogP) is 4.90. The number of carbonyl (C=O) groups excluding carboxylic acids is 2. The number of nitrogens with zero attached hydrogens (tertiary/aromatic N) is 5. The van der Waals surface area contributed by atoms with Gasteiger partial charge in [0, 0.05) is 43.2 Å². The van der Waals surface area contributed by atoms with Crippen LogP contribution in [0.2, 0.25) is 0 Å². The first-order valence-electron chi connectivity index (χ1n) is 14.3. The zero-order valence-corrected chi connectivity index (χ0v) is 28.1. The molecule has 43 heavy (non-hydrogen) atoms. The van der Waals surface area contributed by atoms with Crippen LogP contribution in [0.3, 0.4) is 0 Å². The van der Waals surface area contributed by atoms with Crippen molar-refractivity contribution in [3.05, 3.63) is 83.6 Å². The number of likely N-dealkylation sites (tertiary alicyclic amines) is 1. The molecule has 4 aromatic rings. The first-order chi connectivity index (χ1) is 20.8. The third-order valence-electron chi connectivity index (χ3n) is 8.41. The summed E-state index contributed by atoms with van der Waals surface area (Å²) in [6.45, 7) is 8.26. The Labute approximate surface area is 269 Å². The molecule has 2 aromatic carbocycles. The summed E-state index contributed by atoms with van der Waals surface area (Å²) in [7, 11) is 0. The molecule has 2 amide bonds. The molecule has 12 heteroatoms. The average Bonchev–Trinajstić information content (AvgIpc) is 3.33. The van der Waals surface area contributed by atoms with Crippen LogP contribution < -0.4 is 5.32 Å². The predicted molar refractivity (Wildman–Crippen MR) is 170 cm³/mol. The van der Waals surface area contributed by atoms with Crippen molar-refractivity contribution in [2.24, 2.45) is 0 Å². The molecule has 5 heterocycles. The topological polar surface area (TPSA) is 106 Å². The number of carbonyl (C=O) groups is 2. The fourth-order valence-electron chi connectivity index (χ4n) is 6.30. The first-order valence-corrected chi connectivity index (χ1v) is 19.5. The van der Waals surface area contributed by atoms with E-state index in [9.17, 15) is 9.59 Å². The van der Waals surface area contributed by atoms with Gasteiger partial charge in [-0.1, -0.05) is 32.0 Å². The molecular formula is C31H33FIN6O3Se. The number of rotatable bonds is 5. The van der Waals surface area contributed by atoms with Crippen molar-refractivity contribution in [2.45, 2.75) is 63.7 Å². The second-order valence-corrected chi connectivity index (χ2v) is 10.9. The Hall–Kier alpha value is -2.77. The Kier molecular flexibility index (Phi) is 9.62. The van der Waals surface area contributed by atoms with Crippen molar-refractivity contribution in [3.63, 3.8) is 0 Å². The number of halogens is 2. The Morgan fingerprint density at radius 2 is 1.84 bits per heavy atom. The van der Waals surface area contributed by atoms with Gasteiger partial charge in [0.25, 0.3) is 0 Å². The Morgan fingerprint density at radius 1 is 1.12 bits per heavy atom. The molecular weight excluding hydrogens is 729 g/mol. The molecule has 1 radical (unpaired) electrons. The maximum absolute atomic E-state index is 16.1. The number of aromatic nitrogens is 4. The van der Waals surface area contributed by atoms with Crippen LogP contribution in [0.25, 0.3) is 16.6 Å². The van der Waals surface area contributed by atoms with Crippen LogP contribution in [0.4, 0.5) is 4.39 Å². The third-order valence-corrected chi connectivity index (χ3v) is 8.41. The number of benzene rings is 2. The van der Waals surface area contributed by atoms with Gasteiger partial charge in [0.2, 0.25) is 11.8 Å². The van der Waals surface area contributed by atoms with Crippen LogP contribution in [-0.2, 0) is 26.5 Å². The van der Waals surface area contributed by atoms with Crippen molar-refractivity contribution in [1.82, 2.24) is 30.2 Å². The molecule has 0 spiro atoms. The maximum atomic E-state index is 16.1. The van der Waals surface area contributed by atoms with Gasteiger partial charge in [-0.3, -0.25) is 24.8 Å². The number of fused-ring (bicyclic) bond motifs is 2. The van der Waals surface area contributed by atoms with Crippen LogP contribution in [0.15, 0.2) is 61.1 Å². The summed E-state index contributed by atoms with van der Waals surface area (Å²) in [6, 6.07) is 13.5. The minimum absolute atomic E-state index is 0.258. The zero-order chi connectivity index (χ0) is 30.8. The molecule has 3 unspecified atom stereocenters. The number of nitrogens with one attached hydrogen (secondary N) is 1. The minimum atomic E-state index is -0.692. The van der Waals surface area contributed by atoms with Crippen LogP contribution in [0.5, 0.6) is 0 Å². The first kappa shape index (κ1) is 31.6. The molecule has 3 fully saturated rings. The Bertz CT molecular complexity index is 1620. The fourth-order valence-corrected chi connectivity index (χ4v) is 6.30. The molecule has 225 valence electrons. The van der Waals surface area contributed by atoms with E-state index in [1.165, 1.54) is 5.56 Å². The average molecular weight is 763 g/mol. The van der Waals surface area contributed by atoms with Gasteiger partial charge in [0.1, 0.15) is 17.0 Å². The van der Waals surface area contributed by atoms with Gasteiger partial charge in [-0.2, -0.15) is 15.0 Å². The van der Waals surface area contributed by atoms with Crippen molar-refractivity contribution in [3.8, 4) is 5.69 Å². The SMILES string of the molecule is CC.CC12CN(Cc3ccc(-n4nccn4)cc3)CCC1(c1ccc3ncc(C4CCC(=O)NC4=O)cc3c1F)O2.[Se]I.